The van der Waals surface area contributed by atoms with Gasteiger partial charge in [0.05, 0.1) is 30.6 Å². The molecule has 1 unspecified atom stereocenters. The lowest BCUT2D eigenvalue weighted by molar-refractivity contribution is -0.138. The van der Waals surface area contributed by atoms with Crippen molar-refractivity contribution >= 4 is 23.4 Å². The molecule has 0 saturated carbocycles. The molecular weight excluding hydrogens is 518 g/mol. The Kier molecular flexibility index (Phi) is 9.77. The third-order valence-corrected chi connectivity index (χ3v) is 8.49. The highest BCUT2D eigenvalue weighted by molar-refractivity contribution is 5.80. The van der Waals surface area contributed by atoms with Gasteiger partial charge in [0.15, 0.2) is 0 Å². The number of carboxylic acids is 1. The average Bonchev–Trinajstić information content (AvgIpc) is 2.96. The molecule has 1 aromatic heterocycles. The Morgan fingerprint density at radius 1 is 1.15 bits per heavy atom. The molecule has 2 saturated heterocycles. The molecule has 2 aromatic rings. The Labute approximate surface area is 243 Å². The van der Waals surface area contributed by atoms with Crippen LogP contribution < -0.4 is 15.5 Å². The molecule has 1 aromatic carbocycles. The van der Waals surface area contributed by atoms with Gasteiger partial charge in [-0.2, -0.15) is 0 Å². The fraction of sp³-hybridized carbons (Fsp3) is 0.594. The predicted molar refractivity (Wildman–Crippen MR) is 160 cm³/mol. The summed E-state index contributed by atoms with van der Waals surface area (Å²) in [4.78, 5) is 34.7. The van der Waals surface area contributed by atoms with Gasteiger partial charge in [-0.25, -0.2) is 4.98 Å². The second kappa shape index (κ2) is 13.7. The van der Waals surface area contributed by atoms with E-state index in [0.29, 0.717) is 6.54 Å². The number of amides is 1. The Morgan fingerprint density at radius 3 is 2.78 bits per heavy atom. The van der Waals surface area contributed by atoms with Crippen molar-refractivity contribution in [2.24, 2.45) is 5.92 Å². The minimum absolute atomic E-state index is 0.0533. The van der Waals surface area contributed by atoms with Crippen molar-refractivity contribution in [1.29, 1.82) is 0 Å². The van der Waals surface area contributed by atoms with E-state index in [4.69, 9.17) is 9.72 Å². The quantitative estimate of drug-likeness (QED) is 0.398. The van der Waals surface area contributed by atoms with Crippen LogP contribution >= 0.6 is 0 Å². The number of aromatic nitrogens is 1. The molecule has 41 heavy (non-hydrogen) atoms. The van der Waals surface area contributed by atoms with E-state index in [1.807, 2.05) is 24.3 Å². The first-order valence-corrected chi connectivity index (χ1v) is 15.3. The number of nitrogens with one attached hydrogen (secondary N) is 2. The fourth-order valence-electron chi connectivity index (χ4n) is 6.51. The summed E-state index contributed by atoms with van der Waals surface area (Å²) in [5.74, 6) is -0.0813. The van der Waals surface area contributed by atoms with Gasteiger partial charge in [-0.05, 0) is 94.8 Å². The summed E-state index contributed by atoms with van der Waals surface area (Å²) in [6, 6.07) is 11.7. The van der Waals surface area contributed by atoms with Crippen molar-refractivity contribution in [1.82, 2.24) is 15.2 Å². The van der Waals surface area contributed by atoms with E-state index in [9.17, 15) is 14.7 Å². The maximum Gasteiger partial charge on any atom is 0.305 e. The average molecular weight is 564 g/mol. The van der Waals surface area contributed by atoms with E-state index < -0.39 is 12.0 Å². The van der Waals surface area contributed by atoms with Crippen molar-refractivity contribution < 1.29 is 19.4 Å². The molecule has 0 radical (unpaired) electrons. The van der Waals surface area contributed by atoms with Gasteiger partial charge in [-0.15, -0.1) is 0 Å². The molecule has 3 N–H and O–H groups in total. The van der Waals surface area contributed by atoms with Gasteiger partial charge >= 0.3 is 5.97 Å². The van der Waals surface area contributed by atoms with E-state index in [-0.39, 0.29) is 30.5 Å². The van der Waals surface area contributed by atoms with Crippen LogP contribution in [0.5, 0.6) is 0 Å². The molecule has 2 fully saturated rings. The molecule has 3 aliphatic heterocycles. The number of carbonyl (C=O) groups excluding carboxylic acids is 1. The van der Waals surface area contributed by atoms with Crippen molar-refractivity contribution in [3.8, 4) is 0 Å². The minimum Gasteiger partial charge on any atom is -0.481 e. The summed E-state index contributed by atoms with van der Waals surface area (Å²) in [6.45, 7) is 9.29. The fourth-order valence-corrected chi connectivity index (χ4v) is 6.51. The number of aliphatic carboxylic acids is 1. The summed E-state index contributed by atoms with van der Waals surface area (Å²) in [5, 5.41) is 16.2. The third-order valence-electron chi connectivity index (χ3n) is 8.49. The highest BCUT2D eigenvalue weighted by Crippen LogP contribution is 2.27. The zero-order valence-electron chi connectivity index (χ0n) is 24.5. The molecule has 3 aliphatic rings. The van der Waals surface area contributed by atoms with E-state index in [2.05, 4.69) is 46.4 Å². The van der Waals surface area contributed by atoms with Crippen molar-refractivity contribution in [2.75, 3.05) is 49.5 Å². The maximum atomic E-state index is 13.4. The van der Waals surface area contributed by atoms with E-state index in [1.54, 1.807) is 0 Å². The number of fused-ring (bicyclic) bond motifs is 1. The van der Waals surface area contributed by atoms with Gasteiger partial charge in [0.2, 0.25) is 5.91 Å². The monoisotopic (exact) mass is 563 g/mol. The molecule has 0 spiro atoms. The molecular formula is C32H45N5O4. The van der Waals surface area contributed by atoms with Gasteiger partial charge in [-0.3, -0.25) is 9.59 Å². The van der Waals surface area contributed by atoms with Crippen LogP contribution in [0.3, 0.4) is 0 Å². The normalized spacial score (nSPS) is 23.8. The molecule has 4 heterocycles. The number of carbonyl (C=O) groups is 2. The zero-order chi connectivity index (χ0) is 28.8. The van der Waals surface area contributed by atoms with Crippen LogP contribution in [0.15, 0.2) is 36.4 Å². The number of anilines is 2. The number of pyridine rings is 1. The Hall–Kier alpha value is -3.17. The van der Waals surface area contributed by atoms with E-state index in [1.165, 1.54) is 5.56 Å². The number of carboxylic acid groups (broad SMARTS) is 1. The summed E-state index contributed by atoms with van der Waals surface area (Å²) in [7, 11) is 0. The van der Waals surface area contributed by atoms with Crippen LogP contribution in [0, 0.1) is 5.92 Å². The number of hydrogen-bond donors (Lipinski definition) is 3. The lowest BCUT2D eigenvalue weighted by Crippen LogP contribution is -2.45. The number of likely N-dealkylation sites (tertiary alicyclic amines) is 1. The molecule has 222 valence electrons. The van der Waals surface area contributed by atoms with Gasteiger partial charge in [-0.1, -0.05) is 18.2 Å². The standard InChI is InChI=1S/C32H45N5O4/c1-22-19-37(20-23(2)41-22)28-11-3-7-25(17-28)29(18-30(38)39)35-32(40)26-9-5-15-36(21-26)16-6-10-27-13-12-24-8-4-14-33-31(24)34-27/h3,7,11-13,17,22-23,26,29H,4-6,8-10,14-16,18-21H2,1-2H3,(H,33,34)(H,35,40)(H,38,39)/t22-,23+,26-,29?/m1/s1. The van der Waals surface area contributed by atoms with Gasteiger partial charge in [0.1, 0.15) is 5.82 Å². The van der Waals surface area contributed by atoms with Crippen LogP contribution in [0.25, 0.3) is 0 Å². The lowest BCUT2D eigenvalue weighted by Gasteiger charge is -2.37. The second-order valence-electron chi connectivity index (χ2n) is 12.0. The topological polar surface area (TPSA) is 107 Å². The van der Waals surface area contributed by atoms with Crippen LogP contribution in [0.1, 0.15) is 68.8 Å². The molecule has 5 rings (SSSR count). The smallest absolute Gasteiger partial charge is 0.305 e. The first-order valence-electron chi connectivity index (χ1n) is 15.3. The van der Waals surface area contributed by atoms with Gasteiger partial charge in [0, 0.05) is 37.6 Å². The van der Waals surface area contributed by atoms with E-state index in [0.717, 1.165) is 94.0 Å². The third kappa shape index (κ3) is 7.98. The summed E-state index contributed by atoms with van der Waals surface area (Å²) in [6.07, 6.45) is 6.05. The molecule has 4 atom stereocenters. The Bertz CT molecular complexity index is 1200. The Morgan fingerprint density at radius 2 is 1.98 bits per heavy atom. The van der Waals surface area contributed by atoms with Crippen molar-refractivity contribution in [2.45, 2.75) is 77.0 Å². The van der Waals surface area contributed by atoms with Gasteiger partial charge < -0.3 is 30.3 Å². The number of ether oxygens (including phenoxy) is 1. The molecule has 0 bridgehead atoms. The van der Waals surface area contributed by atoms with E-state index >= 15 is 0 Å². The SMILES string of the molecule is C[C@@H]1CN(c2cccc(C(CC(=O)O)NC(=O)[C@@H]3CCCN(CCCc4ccc5c(n4)NCCC5)C3)c2)C[C@H](C)O1. The molecule has 0 aliphatic carbocycles. The second-order valence-corrected chi connectivity index (χ2v) is 12.0. The van der Waals surface area contributed by atoms with Crippen molar-refractivity contribution in [3.63, 3.8) is 0 Å². The number of piperidine rings is 1. The summed E-state index contributed by atoms with van der Waals surface area (Å²) < 4.78 is 5.88. The van der Waals surface area contributed by atoms with Crippen LogP contribution in [0.4, 0.5) is 11.5 Å². The zero-order valence-corrected chi connectivity index (χ0v) is 24.5. The molecule has 9 nitrogen and oxygen atoms in total. The number of benzene rings is 1. The first-order chi connectivity index (χ1) is 19.8. The molecule has 9 heteroatoms. The van der Waals surface area contributed by atoms with Crippen LogP contribution in [-0.4, -0.2) is 78.3 Å². The highest BCUT2D eigenvalue weighted by Gasteiger charge is 2.29. The minimum atomic E-state index is -0.925. The number of morpholine rings is 1. The van der Waals surface area contributed by atoms with Crippen LogP contribution in [-0.2, 0) is 27.2 Å². The Balaban J connectivity index is 1.17. The van der Waals surface area contributed by atoms with Crippen molar-refractivity contribution in [3.05, 3.63) is 53.2 Å². The summed E-state index contributed by atoms with van der Waals surface area (Å²) in [5.41, 5.74) is 4.28. The first kappa shape index (κ1) is 29.3. The van der Waals surface area contributed by atoms with Crippen LogP contribution in [0.2, 0.25) is 0 Å². The summed E-state index contributed by atoms with van der Waals surface area (Å²) >= 11 is 0. The largest absolute Gasteiger partial charge is 0.481 e. The lowest BCUT2D eigenvalue weighted by atomic mass is 9.95. The number of aryl methyl sites for hydroxylation is 2. The maximum absolute atomic E-state index is 13.4. The number of nitrogens with zero attached hydrogens (tertiary/aromatic N) is 3. The van der Waals surface area contributed by atoms with Gasteiger partial charge in [0.25, 0.3) is 0 Å². The number of rotatable bonds is 10. The molecule has 1 amide bonds. The predicted octanol–water partition coefficient (Wildman–Crippen LogP) is 4.03. The number of hydrogen-bond acceptors (Lipinski definition) is 7. The highest BCUT2D eigenvalue weighted by atomic mass is 16.5.